The van der Waals surface area contributed by atoms with Crippen molar-refractivity contribution in [2.45, 2.75) is 38.3 Å². The molecule has 1 saturated heterocycles. The number of nitrogens with one attached hydrogen (secondary N) is 1. The van der Waals surface area contributed by atoms with E-state index in [-0.39, 0.29) is 57.6 Å². The summed E-state index contributed by atoms with van der Waals surface area (Å²) in [5.41, 5.74) is 4.64. The third kappa shape index (κ3) is 7.43. The quantitative estimate of drug-likeness (QED) is 0.309. The van der Waals surface area contributed by atoms with Crippen LogP contribution in [0.15, 0.2) is 30.7 Å². The fourth-order valence-electron chi connectivity index (χ4n) is 4.07. The molecule has 1 atom stereocenters. The highest BCUT2D eigenvalue weighted by molar-refractivity contribution is 7.13. The lowest BCUT2D eigenvalue weighted by Crippen LogP contribution is -2.25. The van der Waals surface area contributed by atoms with Crippen LogP contribution in [0.25, 0.3) is 0 Å². The molecule has 0 radical (unpaired) electrons. The van der Waals surface area contributed by atoms with E-state index in [0.717, 1.165) is 55.7 Å². The van der Waals surface area contributed by atoms with Gasteiger partial charge in [-0.05, 0) is 38.1 Å². The number of carbonyl (C=O) groups is 2. The summed E-state index contributed by atoms with van der Waals surface area (Å²) in [7, 11) is 0. The number of benzene rings is 1. The molecule has 208 valence electrons. The fourth-order valence-corrected chi connectivity index (χ4v) is 5.14. The first kappa shape index (κ1) is 28.7. The lowest BCUT2D eigenvalue weighted by atomic mass is 10.0. The molecule has 1 aliphatic rings. The number of rotatable bonds is 10. The number of carbonyl (C=O) groups excluding carboxylic acids is 2. The van der Waals surface area contributed by atoms with Crippen molar-refractivity contribution in [3.63, 3.8) is 0 Å². The van der Waals surface area contributed by atoms with Crippen molar-refractivity contribution in [3.8, 4) is 5.75 Å². The van der Waals surface area contributed by atoms with Crippen LogP contribution in [-0.2, 0) is 6.18 Å². The predicted molar refractivity (Wildman–Crippen MR) is 141 cm³/mol. The van der Waals surface area contributed by atoms with E-state index in [9.17, 15) is 22.8 Å². The van der Waals surface area contributed by atoms with Crippen LogP contribution in [0.5, 0.6) is 5.75 Å². The number of nitrogens with zero attached hydrogens (tertiary/aromatic N) is 4. The molecule has 1 fully saturated rings. The summed E-state index contributed by atoms with van der Waals surface area (Å²) < 4.78 is 46.1. The molecule has 1 aromatic carbocycles. The number of nitrogens with two attached hydrogens (primary N) is 1. The number of likely N-dealkylation sites (tertiary alicyclic amines) is 1. The first-order chi connectivity index (χ1) is 18.5. The molecule has 4 rings (SSSR count). The van der Waals surface area contributed by atoms with Crippen molar-refractivity contribution in [2.24, 2.45) is 0 Å². The number of aromatic nitrogens is 3. The van der Waals surface area contributed by atoms with Gasteiger partial charge in [0.2, 0.25) is 0 Å². The number of anilines is 2. The third-order valence-electron chi connectivity index (χ3n) is 6.11. The molecule has 0 saturated carbocycles. The zero-order chi connectivity index (χ0) is 28.2. The van der Waals surface area contributed by atoms with E-state index < -0.39 is 17.6 Å². The highest BCUT2D eigenvalue weighted by Crippen LogP contribution is 2.35. The van der Waals surface area contributed by atoms with Gasteiger partial charge in [-0.15, -0.1) is 11.3 Å². The number of hydrogen-bond acceptors (Lipinski definition) is 9. The summed E-state index contributed by atoms with van der Waals surface area (Å²) in [5, 5.41) is 2.96. The normalized spacial score (nSPS) is 14.8. The zero-order valence-electron chi connectivity index (χ0n) is 20.9. The number of nitrogen functional groups attached to an aromatic ring is 1. The lowest BCUT2D eigenvalue weighted by molar-refractivity contribution is -0.137. The molecule has 14 heteroatoms. The number of hydrogen-bond donors (Lipinski definition) is 2. The Kier molecular flexibility index (Phi) is 9.03. The Labute approximate surface area is 231 Å². The third-order valence-corrected chi connectivity index (χ3v) is 7.71. The van der Waals surface area contributed by atoms with Gasteiger partial charge in [0.25, 0.3) is 5.91 Å². The second kappa shape index (κ2) is 12.3. The zero-order valence-corrected chi connectivity index (χ0v) is 22.5. The molecule has 1 aliphatic heterocycles. The van der Waals surface area contributed by atoms with Crippen molar-refractivity contribution in [1.29, 1.82) is 0 Å². The molecule has 1 amide bonds. The number of halogens is 4. The minimum atomic E-state index is -4.62. The first-order valence-electron chi connectivity index (χ1n) is 12.1. The van der Waals surface area contributed by atoms with E-state index >= 15 is 0 Å². The summed E-state index contributed by atoms with van der Waals surface area (Å²) in [4.78, 5) is 39.7. The number of thiazole rings is 1. The Balaban J connectivity index is 1.42. The standard InChI is InChI=1S/C25H26ClF3N6O3S/c1-14(8-18(36)21-20(26)22(30)33-13-32-21)24-31-12-19(39-24)23(37)34-16-9-15(25(27,28)29)10-17(11-16)38-7-6-35-4-2-3-5-35/h9-14H,2-8H2,1H3,(H,34,37)(H2,30,32,33)/t14-/m0/s1. The summed E-state index contributed by atoms with van der Waals surface area (Å²) >= 11 is 7.06. The second-order valence-electron chi connectivity index (χ2n) is 9.11. The minimum Gasteiger partial charge on any atom is -0.492 e. The molecular weight excluding hydrogens is 557 g/mol. The Bertz CT molecular complexity index is 1350. The molecule has 3 N–H and O–H groups in total. The van der Waals surface area contributed by atoms with E-state index in [1.54, 1.807) is 6.92 Å². The number of amides is 1. The Hall–Kier alpha value is -3.29. The maximum atomic E-state index is 13.5. The van der Waals surface area contributed by atoms with Gasteiger partial charge in [-0.1, -0.05) is 18.5 Å². The number of Topliss-reactive ketones (excluding diaryl/α,β-unsaturated/α-hetero) is 1. The van der Waals surface area contributed by atoms with Crippen LogP contribution < -0.4 is 15.8 Å². The van der Waals surface area contributed by atoms with Crippen molar-refractivity contribution in [1.82, 2.24) is 19.9 Å². The average molecular weight is 583 g/mol. The smallest absolute Gasteiger partial charge is 0.416 e. The van der Waals surface area contributed by atoms with E-state index in [1.165, 1.54) is 12.3 Å². The molecule has 39 heavy (non-hydrogen) atoms. The van der Waals surface area contributed by atoms with Crippen molar-refractivity contribution in [3.05, 3.63) is 56.9 Å². The van der Waals surface area contributed by atoms with Crippen LogP contribution in [0.4, 0.5) is 24.7 Å². The topological polar surface area (TPSA) is 123 Å². The molecule has 0 spiro atoms. The fraction of sp³-hybridized carbons (Fsp3) is 0.400. The summed E-state index contributed by atoms with van der Waals surface area (Å²) in [6.07, 6.45) is 0.0238. The van der Waals surface area contributed by atoms with Crippen LogP contribution in [0, 0.1) is 0 Å². The van der Waals surface area contributed by atoms with Crippen LogP contribution >= 0.6 is 22.9 Å². The average Bonchev–Trinajstić information content (AvgIpc) is 3.58. The molecular formula is C25H26ClF3N6O3S. The van der Waals surface area contributed by atoms with Crippen LogP contribution in [-0.4, -0.2) is 57.8 Å². The first-order valence-corrected chi connectivity index (χ1v) is 13.3. The number of alkyl halides is 3. The summed E-state index contributed by atoms with van der Waals surface area (Å²) in [5.74, 6) is -1.39. The van der Waals surface area contributed by atoms with Crippen molar-refractivity contribution >= 4 is 46.1 Å². The maximum absolute atomic E-state index is 13.5. The molecule has 0 bridgehead atoms. The van der Waals surface area contributed by atoms with E-state index in [1.807, 2.05) is 0 Å². The SMILES string of the molecule is C[C@@H](CC(=O)c1ncnc(N)c1Cl)c1ncc(C(=O)Nc2cc(OCCN3CCCC3)cc(C(F)(F)F)c2)s1. The second-order valence-corrected chi connectivity index (χ2v) is 10.5. The summed E-state index contributed by atoms with van der Waals surface area (Å²) in [6.45, 7) is 4.48. The monoisotopic (exact) mass is 582 g/mol. The van der Waals surface area contributed by atoms with Gasteiger partial charge >= 0.3 is 6.18 Å². The highest BCUT2D eigenvalue weighted by atomic mass is 35.5. The molecule has 2 aromatic heterocycles. The van der Waals surface area contributed by atoms with Crippen LogP contribution in [0.2, 0.25) is 5.02 Å². The van der Waals surface area contributed by atoms with Gasteiger partial charge < -0.3 is 15.8 Å². The Morgan fingerprint density at radius 2 is 1.95 bits per heavy atom. The van der Waals surface area contributed by atoms with E-state index in [2.05, 4.69) is 25.2 Å². The molecule has 0 aliphatic carbocycles. The van der Waals surface area contributed by atoms with Crippen LogP contribution in [0.3, 0.4) is 0 Å². The van der Waals surface area contributed by atoms with E-state index in [0.29, 0.717) is 11.6 Å². The largest absolute Gasteiger partial charge is 0.492 e. The number of ether oxygens (including phenoxy) is 1. The lowest BCUT2D eigenvalue weighted by Gasteiger charge is -2.17. The number of ketones is 1. The Morgan fingerprint density at radius 3 is 2.67 bits per heavy atom. The molecule has 0 unspecified atom stereocenters. The van der Waals surface area contributed by atoms with Gasteiger partial charge in [0, 0.05) is 30.6 Å². The minimum absolute atomic E-state index is 0.00347. The van der Waals surface area contributed by atoms with Crippen LogP contribution in [0.1, 0.15) is 62.8 Å². The van der Waals surface area contributed by atoms with Gasteiger partial charge in [0.05, 0.1) is 16.8 Å². The van der Waals surface area contributed by atoms with Crippen molar-refractivity contribution < 1.29 is 27.5 Å². The van der Waals surface area contributed by atoms with Gasteiger partial charge in [0.1, 0.15) is 40.1 Å². The van der Waals surface area contributed by atoms with Gasteiger partial charge in [-0.3, -0.25) is 14.5 Å². The molecule has 3 aromatic rings. The summed E-state index contributed by atoms with van der Waals surface area (Å²) in [6, 6.07) is 3.13. The Morgan fingerprint density at radius 1 is 1.21 bits per heavy atom. The van der Waals surface area contributed by atoms with Gasteiger partial charge in [-0.25, -0.2) is 15.0 Å². The van der Waals surface area contributed by atoms with Crippen molar-refractivity contribution in [2.75, 3.05) is 37.3 Å². The predicted octanol–water partition coefficient (Wildman–Crippen LogP) is 5.29. The molecule has 3 heterocycles. The molecule has 9 nitrogen and oxygen atoms in total. The van der Waals surface area contributed by atoms with Gasteiger partial charge in [-0.2, -0.15) is 13.2 Å². The maximum Gasteiger partial charge on any atom is 0.416 e. The highest BCUT2D eigenvalue weighted by Gasteiger charge is 2.32. The van der Waals surface area contributed by atoms with Gasteiger partial charge in [0.15, 0.2) is 5.78 Å². The van der Waals surface area contributed by atoms with E-state index in [4.69, 9.17) is 22.1 Å².